The van der Waals surface area contributed by atoms with Crippen molar-refractivity contribution < 1.29 is 17.9 Å². The average Bonchev–Trinajstić information content (AvgIpc) is 2.80. The van der Waals surface area contributed by atoms with E-state index in [1.54, 1.807) is 20.3 Å². The maximum Gasteiger partial charge on any atom is 0.242 e. The monoisotopic (exact) mass is 575 g/mol. The average molecular weight is 575 g/mol. The first-order valence-electron chi connectivity index (χ1n) is 10.1. The molecule has 11 heteroatoms. The summed E-state index contributed by atoms with van der Waals surface area (Å²) in [6.07, 6.45) is 3.71. The Balaban J connectivity index is 0.00000363. The summed E-state index contributed by atoms with van der Waals surface area (Å²) in [7, 11) is -0.327. The van der Waals surface area contributed by atoms with Crippen LogP contribution in [0.1, 0.15) is 18.1 Å². The maximum absolute atomic E-state index is 12.3. The molecular weight excluding hydrogens is 545 g/mol. The lowest BCUT2D eigenvalue weighted by molar-refractivity contribution is 0.346. The minimum Gasteiger partial charge on any atom is -0.493 e. The van der Waals surface area contributed by atoms with E-state index >= 15 is 0 Å². The van der Waals surface area contributed by atoms with Crippen LogP contribution in [-0.4, -0.2) is 64.7 Å². The van der Waals surface area contributed by atoms with Crippen molar-refractivity contribution in [1.29, 1.82) is 0 Å². The van der Waals surface area contributed by atoms with Gasteiger partial charge in [0.2, 0.25) is 10.0 Å². The minimum absolute atomic E-state index is 0. The van der Waals surface area contributed by atoms with Gasteiger partial charge in [-0.05, 0) is 48.7 Å². The first kappa shape index (κ1) is 26.1. The number of guanidine groups is 1. The predicted octanol–water partition coefficient (Wildman–Crippen LogP) is 2.02. The summed E-state index contributed by atoms with van der Waals surface area (Å²) in [6.45, 7) is 4.72. The summed E-state index contributed by atoms with van der Waals surface area (Å²) in [5.41, 5.74) is 2.39. The van der Waals surface area contributed by atoms with Gasteiger partial charge in [-0.2, -0.15) is 0 Å². The first-order valence-corrected chi connectivity index (χ1v) is 11.6. The van der Waals surface area contributed by atoms with Gasteiger partial charge in [0.1, 0.15) is 4.90 Å². The number of halogens is 1. The summed E-state index contributed by atoms with van der Waals surface area (Å²) in [4.78, 5) is 10.8. The van der Waals surface area contributed by atoms with Crippen LogP contribution in [0.3, 0.4) is 0 Å². The van der Waals surface area contributed by atoms with E-state index in [4.69, 9.17) is 9.47 Å². The van der Waals surface area contributed by atoms with Gasteiger partial charge >= 0.3 is 0 Å². The van der Waals surface area contributed by atoms with Crippen LogP contribution in [-0.2, 0) is 23.0 Å². The first-order chi connectivity index (χ1) is 15.0. The number of pyridine rings is 1. The van der Waals surface area contributed by atoms with Crippen LogP contribution in [0, 0.1) is 0 Å². The van der Waals surface area contributed by atoms with Gasteiger partial charge in [-0.15, -0.1) is 24.0 Å². The number of nitrogens with one attached hydrogen (secondary N) is 2. The highest BCUT2D eigenvalue weighted by molar-refractivity contribution is 14.0. The molecule has 0 aliphatic carbocycles. The van der Waals surface area contributed by atoms with E-state index in [-0.39, 0.29) is 35.4 Å². The highest BCUT2D eigenvalue weighted by atomic mass is 127. The van der Waals surface area contributed by atoms with Crippen molar-refractivity contribution in [2.75, 3.05) is 40.4 Å². The number of hydrogen-bond donors (Lipinski definition) is 2. The number of sulfonamides is 1. The predicted molar refractivity (Wildman–Crippen MR) is 134 cm³/mol. The molecule has 1 aliphatic rings. The number of fused-ring (bicyclic) bond motifs is 1. The standard InChI is InChI=1S/C21H29N5O4S.HI/c1-4-23-21(24-9-10-25-31(27,28)18-6-5-8-22-14-18)26-11-7-16-12-19(29-2)20(30-3)13-17(16)15-26;/h5-6,8,12-14,25H,4,7,9-11,15H2,1-3H3,(H,23,24);1H. The van der Waals surface area contributed by atoms with Gasteiger partial charge < -0.3 is 19.7 Å². The number of hydrogen-bond acceptors (Lipinski definition) is 6. The smallest absolute Gasteiger partial charge is 0.242 e. The molecule has 2 aromatic rings. The molecule has 2 N–H and O–H groups in total. The molecule has 1 aromatic heterocycles. The molecule has 0 amide bonds. The van der Waals surface area contributed by atoms with Crippen molar-refractivity contribution >= 4 is 40.0 Å². The Morgan fingerprint density at radius 3 is 2.56 bits per heavy atom. The lowest BCUT2D eigenvalue weighted by Gasteiger charge is -2.32. The molecule has 9 nitrogen and oxygen atoms in total. The SMILES string of the molecule is CCNC(=NCCNS(=O)(=O)c1cccnc1)N1CCc2cc(OC)c(OC)cc2C1.I. The zero-order valence-electron chi connectivity index (χ0n) is 18.5. The Bertz CT molecular complexity index is 1020. The fourth-order valence-electron chi connectivity index (χ4n) is 3.42. The molecule has 0 bridgehead atoms. The van der Waals surface area contributed by atoms with Crippen molar-refractivity contribution in [2.45, 2.75) is 24.8 Å². The summed E-state index contributed by atoms with van der Waals surface area (Å²) in [5.74, 6) is 2.19. The van der Waals surface area contributed by atoms with Gasteiger partial charge in [0.25, 0.3) is 0 Å². The van der Waals surface area contributed by atoms with Crippen LogP contribution in [0.15, 0.2) is 46.5 Å². The Labute approximate surface area is 206 Å². The van der Waals surface area contributed by atoms with E-state index in [0.29, 0.717) is 18.8 Å². The van der Waals surface area contributed by atoms with Crippen molar-refractivity contribution in [3.63, 3.8) is 0 Å². The molecule has 1 aliphatic heterocycles. The van der Waals surface area contributed by atoms with E-state index in [1.807, 2.05) is 19.1 Å². The largest absolute Gasteiger partial charge is 0.493 e. The number of methoxy groups -OCH3 is 2. The molecule has 2 heterocycles. The van der Waals surface area contributed by atoms with Crippen molar-refractivity contribution in [3.8, 4) is 11.5 Å². The molecule has 0 radical (unpaired) electrons. The number of ether oxygens (including phenoxy) is 2. The highest BCUT2D eigenvalue weighted by Crippen LogP contribution is 2.33. The zero-order valence-corrected chi connectivity index (χ0v) is 21.6. The Hall–Kier alpha value is -2.12. The van der Waals surface area contributed by atoms with Gasteiger partial charge in [0.05, 0.1) is 20.8 Å². The molecule has 0 saturated carbocycles. The molecule has 32 heavy (non-hydrogen) atoms. The molecule has 0 atom stereocenters. The molecule has 0 spiro atoms. The summed E-state index contributed by atoms with van der Waals surface area (Å²) >= 11 is 0. The molecule has 176 valence electrons. The van der Waals surface area contributed by atoms with Crippen LogP contribution in [0.5, 0.6) is 11.5 Å². The zero-order chi connectivity index (χ0) is 22.3. The number of nitrogens with zero attached hydrogens (tertiary/aromatic N) is 3. The van der Waals surface area contributed by atoms with Crippen molar-refractivity contribution in [2.24, 2.45) is 4.99 Å². The number of rotatable bonds is 8. The molecule has 0 unspecified atom stereocenters. The van der Waals surface area contributed by atoms with Crippen LogP contribution in [0.4, 0.5) is 0 Å². The Morgan fingerprint density at radius 1 is 1.22 bits per heavy atom. The van der Waals surface area contributed by atoms with Crippen LogP contribution in [0.25, 0.3) is 0 Å². The fraction of sp³-hybridized carbons (Fsp3) is 0.429. The third-order valence-electron chi connectivity index (χ3n) is 4.96. The third-order valence-corrected chi connectivity index (χ3v) is 6.41. The van der Waals surface area contributed by atoms with E-state index in [1.165, 1.54) is 24.0 Å². The van der Waals surface area contributed by atoms with Crippen LogP contribution >= 0.6 is 24.0 Å². The molecule has 0 saturated heterocycles. The fourth-order valence-corrected chi connectivity index (χ4v) is 4.41. The highest BCUT2D eigenvalue weighted by Gasteiger charge is 2.21. The van der Waals surface area contributed by atoms with Gasteiger partial charge in [-0.3, -0.25) is 9.98 Å². The second-order valence-corrected chi connectivity index (χ2v) is 8.74. The Kier molecular flexibility index (Phi) is 9.97. The van der Waals surface area contributed by atoms with Gasteiger partial charge in [0, 0.05) is 38.6 Å². The van der Waals surface area contributed by atoms with E-state index < -0.39 is 10.0 Å². The third kappa shape index (κ3) is 6.45. The maximum atomic E-state index is 12.3. The second-order valence-electron chi connectivity index (χ2n) is 6.97. The normalized spacial score (nSPS) is 13.7. The summed E-state index contributed by atoms with van der Waals surface area (Å²) in [5, 5.41) is 3.30. The second kappa shape index (κ2) is 12.2. The molecular formula is C21H30IN5O4S. The molecule has 1 aromatic carbocycles. The van der Waals surface area contributed by atoms with Crippen molar-refractivity contribution in [1.82, 2.24) is 19.9 Å². The Morgan fingerprint density at radius 2 is 1.94 bits per heavy atom. The van der Waals surface area contributed by atoms with Crippen LogP contribution in [0.2, 0.25) is 0 Å². The topological polar surface area (TPSA) is 105 Å². The number of benzene rings is 1. The number of aliphatic imine (C=N–C) groups is 1. The summed E-state index contributed by atoms with van der Waals surface area (Å²) < 4.78 is 38.0. The van der Waals surface area contributed by atoms with E-state index in [0.717, 1.165) is 36.8 Å². The van der Waals surface area contributed by atoms with Crippen LogP contribution < -0.4 is 19.5 Å². The molecule has 3 rings (SSSR count). The minimum atomic E-state index is -3.59. The lowest BCUT2D eigenvalue weighted by atomic mass is 9.99. The number of aromatic nitrogens is 1. The quantitative estimate of drug-likeness (QED) is 0.215. The van der Waals surface area contributed by atoms with Crippen molar-refractivity contribution in [3.05, 3.63) is 47.8 Å². The lowest BCUT2D eigenvalue weighted by Crippen LogP contribution is -2.44. The molecule has 0 fully saturated rings. The van der Waals surface area contributed by atoms with Gasteiger partial charge in [-0.25, -0.2) is 13.1 Å². The van der Waals surface area contributed by atoms with E-state index in [9.17, 15) is 8.42 Å². The summed E-state index contributed by atoms with van der Waals surface area (Å²) in [6, 6.07) is 7.14. The van der Waals surface area contributed by atoms with Gasteiger partial charge in [-0.1, -0.05) is 0 Å². The van der Waals surface area contributed by atoms with E-state index in [2.05, 4.69) is 24.9 Å². The van der Waals surface area contributed by atoms with Gasteiger partial charge in [0.15, 0.2) is 17.5 Å².